The highest BCUT2D eigenvalue weighted by Gasteiger charge is 2.28. The van der Waals surface area contributed by atoms with Gasteiger partial charge >= 0.3 is 0 Å². The second kappa shape index (κ2) is 11.9. The van der Waals surface area contributed by atoms with Gasteiger partial charge in [-0.3, -0.25) is 9.69 Å². The molecule has 1 aliphatic rings. The molecule has 41 heavy (non-hydrogen) atoms. The first-order chi connectivity index (χ1) is 19.7. The van der Waals surface area contributed by atoms with E-state index in [4.69, 9.17) is 4.74 Å². The average molecular weight is 586 g/mol. The number of fused-ring (bicyclic) bond motifs is 1. The standard InChI is InChI=1S/C27H29F2N7O4S/c1-40-15-21(36-11-9-30-10-12-36)26(37)33-20-7-3-5-16-17(13-31-25(16)20)24-18(28)14-32-27(35-24)34-19-6-4-8-22(23(19)29)41(2,38)39/h3-8,13-14,21,30-31H,9-12,15H2,1-2H3,(H,33,37)(H,32,34,35)/t21-/m1/s1. The van der Waals surface area contributed by atoms with Gasteiger partial charge in [-0.15, -0.1) is 0 Å². The maximum absolute atomic E-state index is 15.0. The number of para-hydroxylation sites is 1. The van der Waals surface area contributed by atoms with Gasteiger partial charge in [-0.1, -0.05) is 18.2 Å². The third-order valence-electron chi connectivity index (χ3n) is 6.80. The second-order valence-electron chi connectivity index (χ2n) is 9.58. The summed E-state index contributed by atoms with van der Waals surface area (Å²) in [4.78, 5) is 26.1. The fraction of sp³-hybridized carbons (Fsp3) is 0.296. The normalized spacial score (nSPS) is 15.1. The molecular formula is C27H29F2N7O4S. The van der Waals surface area contributed by atoms with Crippen molar-refractivity contribution in [3.8, 4) is 11.3 Å². The Morgan fingerprint density at radius 2 is 1.88 bits per heavy atom. The lowest BCUT2D eigenvalue weighted by Crippen LogP contribution is -2.54. The summed E-state index contributed by atoms with van der Waals surface area (Å²) in [6.45, 7) is 3.21. The van der Waals surface area contributed by atoms with Crippen molar-refractivity contribution in [1.82, 2.24) is 25.2 Å². The van der Waals surface area contributed by atoms with Crippen molar-refractivity contribution < 1.29 is 26.7 Å². The smallest absolute Gasteiger partial charge is 0.244 e. The van der Waals surface area contributed by atoms with Crippen molar-refractivity contribution in [2.75, 3.05) is 56.8 Å². The number of sulfone groups is 1. The van der Waals surface area contributed by atoms with Gasteiger partial charge in [0.25, 0.3) is 0 Å². The molecule has 0 unspecified atom stereocenters. The topological polar surface area (TPSA) is 141 Å². The van der Waals surface area contributed by atoms with Gasteiger partial charge in [-0.25, -0.2) is 27.2 Å². The lowest BCUT2D eigenvalue weighted by Gasteiger charge is -2.33. The van der Waals surface area contributed by atoms with Crippen LogP contribution in [0.2, 0.25) is 0 Å². The number of H-pyrrole nitrogens is 1. The Morgan fingerprint density at radius 1 is 1.15 bits per heavy atom. The fourth-order valence-electron chi connectivity index (χ4n) is 4.80. The molecule has 1 amide bonds. The van der Waals surface area contributed by atoms with Crippen molar-refractivity contribution in [2.24, 2.45) is 0 Å². The number of aromatic amines is 1. The molecule has 0 radical (unpaired) electrons. The first-order valence-electron chi connectivity index (χ1n) is 12.8. The molecule has 1 saturated heterocycles. The maximum Gasteiger partial charge on any atom is 0.244 e. The summed E-state index contributed by atoms with van der Waals surface area (Å²) >= 11 is 0. The van der Waals surface area contributed by atoms with E-state index < -0.39 is 32.4 Å². The molecule has 4 N–H and O–H groups in total. The van der Waals surface area contributed by atoms with Crippen LogP contribution in [0, 0.1) is 11.6 Å². The molecule has 216 valence electrons. The van der Waals surface area contributed by atoms with Gasteiger partial charge in [-0.05, 0) is 18.2 Å². The number of amides is 1. The molecule has 1 aliphatic heterocycles. The number of nitrogens with zero attached hydrogens (tertiary/aromatic N) is 3. The number of methoxy groups -OCH3 is 1. The number of rotatable bonds is 9. The van der Waals surface area contributed by atoms with E-state index in [1.807, 2.05) is 0 Å². The minimum Gasteiger partial charge on any atom is -0.383 e. The van der Waals surface area contributed by atoms with Gasteiger partial charge in [-0.2, -0.15) is 0 Å². The average Bonchev–Trinajstić information content (AvgIpc) is 3.38. The minimum atomic E-state index is -3.81. The number of halogens is 2. The van der Waals surface area contributed by atoms with E-state index in [1.54, 1.807) is 31.5 Å². The van der Waals surface area contributed by atoms with Crippen molar-refractivity contribution in [1.29, 1.82) is 0 Å². The SMILES string of the molecule is COC[C@H](C(=O)Nc1cccc2c(-c3nc(Nc4cccc(S(C)(=O)=O)c4F)ncc3F)c[nH]c12)N1CCNCC1. The molecule has 1 fully saturated rings. The first-order valence-corrected chi connectivity index (χ1v) is 14.7. The third kappa shape index (κ3) is 6.05. The largest absolute Gasteiger partial charge is 0.383 e. The Bertz CT molecular complexity index is 1690. The Kier molecular flexibility index (Phi) is 8.26. The summed E-state index contributed by atoms with van der Waals surface area (Å²) in [6.07, 6.45) is 3.40. The quantitative estimate of drug-likeness (QED) is 0.233. The van der Waals surface area contributed by atoms with Gasteiger partial charge in [0.15, 0.2) is 21.5 Å². The number of benzene rings is 2. The monoisotopic (exact) mass is 585 g/mol. The zero-order valence-corrected chi connectivity index (χ0v) is 23.2. The number of anilines is 3. The van der Waals surface area contributed by atoms with Crippen LogP contribution in [0.1, 0.15) is 0 Å². The Morgan fingerprint density at radius 3 is 2.61 bits per heavy atom. The number of nitrogens with one attached hydrogen (secondary N) is 4. The Balaban J connectivity index is 1.44. The molecule has 0 bridgehead atoms. The molecule has 0 saturated carbocycles. The van der Waals surface area contributed by atoms with Crippen LogP contribution < -0.4 is 16.0 Å². The molecule has 14 heteroatoms. The molecule has 1 atom stereocenters. The number of carbonyl (C=O) groups is 1. The Hall–Kier alpha value is -3.98. The summed E-state index contributed by atoms with van der Waals surface area (Å²) in [6, 6.07) is 8.59. The van der Waals surface area contributed by atoms with E-state index in [1.165, 1.54) is 12.1 Å². The third-order valence-corrected chi connectivity index (χ3v) is 7.92. The van der Waals surface area contributed by atoms with Gasteiger partial charge in [0.2, 0.25) is 11.9 Å². The Labute approximate surface area is 235 Å². The predicted molar refractivity (Wildman–Crippen MR) is 151 cm³/mol. The molecule has 11 nitrogen and oxygen atoms in total. The van der Waals surface area contributed by atoms with E-state index in [2.05, 4.69) is 35.8 Å². The number of aromatic nitrogens is 3. The van der Waals surface area contributed by atoms with Crippen LogP contribution in [0.15, 0.2) is 53.7 Å². The summed E-state index contributed by atoms with van der Waals surface area (Å²) in [5, 5.41) is 9.46. The van der Waals surface area contributed by atoms with Crippen molar-refractivity contribution in [3.05, 3.63) is 60.4 Å². The zero-order valence-electron chi connectivity index (χ0n) is 22.4. The van der Waals surface area contributed by atoms with Crippen LogP contribution in [0.3, 0.4) is 0 Å². The molecule has 0 spiro atoms. The van der Waals surface area contributed by atoms with E-state index >= 15 is 0 Å². The maximum atomic E-state index is 15.0. The van der Waals surface area contributed by atoms with Crippen LogP contribution in [0.5, 0.6) is 0 Å². The summed E-state index contributed by atoms with van der Waals surface area (Å²) in [7, 11) is -2.26. The second-order valence-corrected chi connectivity index (χ2v) is 11.6. The highest BCUT2D eigenvalue weighted by molar-refractivity contribution is 7.90. The molecule has 2 aromatic carbocycles. The van der Waals surface area contributed by atoms with Gasteiger partial charge < -0.3 is 25.7 Å². The van der Waals surface area contributed by atoms with Crippen molar-refractivity contribution >= 4 is 44.0 Å². The summed E-state index contributed by atoms with van der Waals surface area (Å²) < 4.78 is 59.0. The number of ether oxygens (including phenoxy) is 1. The molecule has 0 aliphatic carbocycles. The minimum absolute atomic E-state index is 0.0741. The number of carbonyl (C=O) groups excluding carboxylic acids is 1. The highest BCUT2D eigenvalue weighted by atomic mass is 32.2. The zero-order chi connectivity index (χ0) is 29.1. The van der Waals surface area contributed by atoms with Crippen LogP contribution in [0.4, 0.5) is 26.1 Å². The summed E-state index contributed by atoms with van der Waals surface area (Å²) in [5.74, 6) is -2.08. The first kappa shape index (κ1) is 28.5. The highest BCUT2D eigenvalue weighted by Crippen LogP contribution is 2.34. The van der Waals surface area contributed by atoms with Gasteiger partial charge in [0.1, 0.15) is 16.6 Å². The number of hydrogen-bond donors (Lipinski definition) is 4. The van der Waals surface area contributed by atoms with E-state index in [-0.39, 0.29) is 29.8 Å². The van der Waals surface area contributed by atoms with E-state index in [0.717, 1.165) is 31.6 Å². The molecule has 5 rings (SSSR count). The lowest BCUT2D eigenvalue weighted by molar-refractivity contribution is -0.123. The molecule has 2 aromatic heterocycles. The predicted octanol–water partition coefficient (Wildman–Crippen LogP) is 2.91. The van der Waals surface area contributed by atoms with Crippen LogP contribution in [-0.2, 0) is 19.4 Å². The van der Waals surface area contributed by atoms with Crippen molar-refractivity contribution in [2.45, 2.75) is 10.9 Å². The van der Waals surface area contributed by atoms with Crippen LogP contribution in [0.25, 0.3) is 22.2 Å². The van der Waals surface area contributed by atoms with Crippen molar-refractivity contribution in [3.63, 3.8) is 0 Å². The van der Waals surface area contributed by atoms with E-state index in [0.29, 0.717) is 35.2 Å². The number of hydrogen-bond acceptors (Lipinski definition) is 9. The molecule has 4 aromatic rings. The van der Waals surface area contributed by atoms with Gasteiger partial charge in [0.05, 0.1) is 29.7 Å². The lowest BCUT2D eigenvalue weighted by atomic mass is 10.1. The van der Waals surface area contributed by atoms with Crippen LogP contribution in [-0.4, -0.2) is 86.4 Å². The van der Waals surface area contributed by atoms with E-state index in [9.17, 15) is 22.0 Å². The summed E-state index contributed by atoms with van der Waals surface area (Å²) in [5.41, 5.74) is 1.20. The number of piperazine rings is 1. The molecule has 3 heterocycles. The molecular weight excluding hydrogens is 556 g/mol. The fourth-order valence-corrected chi connectivity index (χ4v) is 5.56. The van der Waals surface area contributed by atoms with Crippen LogP contribution >= 0.6 is 0 Å². The van der Waals surface area contributed by atoms with Gasteiger partial charge in [0, 0.05) is 56.7 Å².